The molecule has 0 atom stereocenters. The van der Waals surface area contributed by atoms with Crippen LogP contribution >= 0.6 is 11.8 Å². The minimum atomic E-state index is -3.48. The molecule has 0 aliphatic carbocycles. The van der Waals surface area contributed by atoms with Crippen LogP contribution in [0.2, 0.25) is 0 Å². The van der Waals surface area contributed by atoms with Crippen LogP contribution in [0.4, 0.5) is 0 Å². The van der Waals surface area contributed by atoms with E-state index in [1.807, 2.05) is 24.3 Å². The summed E-state index contributed by atoms with van der Waals surface area (Å²) in [5.74, 6) is 1.67. The van der Waals surface area contributed by atoms with Gasteiger partial charge < -0.3 is 19.9 Å². The van der Waals surface area contributed by atoms with Gasteiger partial charge in [-0.1, -0.05) is 36.0 Å². The van der Waals surface area contributed by atoms with Crippen molar-refractivity contribution in [2.24, 2.45) is 4.99 Å². The van der Waals surface area contributed by atoms with Gasteiger partial charge in [-0.05, 0) is 47.5 Å². The van der Waals surface area contributed by atoms with Crippen LogP contribution in [-0.4, -0.2) is 62.4 Å². The first kappa shape index (κ1) is 23.4. The third kappa shape index (κ3) is 5.43. The lowest BCUT2D eigenvalue weighted by atomic mass is 9.92. The van der Waals surface area contributed by atoms with Crippen molar-refractivity contribution >= 4 is 38.9 Å². The van der Waals surface area contributed by atoms with Crippen molar-refractivity contribution in [2.75, 3.05) is 38.0 Å². The molecule has 2 N–H and O–H groups in total. The quantitative estimate of drug-likeness (QED) is 0.627. The predicted molar refractivity (Wildman–Crippen MR) is 133 cm³/mol. The molecule has 0 amide bonds. The molecular weight excluding hydrogens is 460 g/mol. The van der Waals surface area contributed by atoms with Gasteiger partial charge in [0, 0.05) is 16.9 Å². The molecule has 2 aromatic rings. The number of methoxy groups -OCH3 is 2. The highest BCUT2D eigenvalue weighted by Gasteiger charge is 2.45. The van der Waals surface area contributed by atoms with E-state index in [4.69, 9.17) is 9.47 Å². The molecule has 0 radical (unpaired) electrons. The van der Waals surface area contributed by atoms with Crippen LogP contribution in [0.5, 0.6) is 11.5 Å². The van der Waals surface area contributed by atoms with Gasteiger partial charge in [0.15, 0.2) is 20.7 Å². The van der Waals surface area contributed by atoms with E-state index >= 15 is 0 Å². The minimum Gasteiger partial charge on any atom is -0.497 e. The molecule has 2 aliphatic heterocycles. The zero-order valence-corrected chi connectivity index (χ0v) is 20.1. The summed E-state index contributed by atoms with van der Waals surface area (Å²) < 4.78 is 36.2. The van der Waals surface area contributed by atoms with Crippen LogP contribution < -0.4 is 14.8 Å². The zero-order chi connectivity index (χ0) is 23.5. The lowest BCUT2D eigenvalue weighted by molar-refractivity contribution is 0.103. The zero-order valence-electron chi connectivity index (χ0n) is 18.4. The number of rotatable bonds is 5. The van der Waals surface area contributed by atoms with E-state index in [0.717, 1.165) is 16.9 Å². The number of aliphatic imine (C=N–C) groups is 1. The summed E-state index contributed by atoms with van der Waals surface area (Å²) >= 11 is 1.50. The summed E-state index contributed by atoms with van der Waals surface area (Å²) in [7, 11) is -0.317. The number of benzene rings is 2. The van der Waals surface area contributed by atoms with Gasteiger partial charge in [-0.15, -0.1) is 0 Å². The van der Waals surface area contributed by atoms with Crippen molar-refractivity contribution in [3.63, 3.8) is 0 Å². The molecule has 2 aromatic carbocycles. The number of nitrogens with zero attached hydrogens (tertiary/aromatic N) is 1. The topological polar surface area (TPSA) is 97.2 Å². The predicted octanol–water partition coefficient (Wildman–Crippen LogP) is 2.98. The fraction of sp³-hybridized carbons (Fsp3) is 0.292. The standard InChI is InChI=1S/C24H26N2O5S2/c1-30-21-7-3-17(4-8-21)13-19-15-33(28,29)16-20(14-18-5-9-22(31-2)10-6-18)24(19,27)26-23-25-11-12-32-23/h3-10,13-14,27H,11-12,15-16H2,1-2H3,(H,25,26)/b19-13+,20-14+. The van der Waals surface area contributed by atoms with E-state index in [2.05, 4.69) is 10.3 Å². The number of thioether (sulfide) groups is 1. The van der Waals surface area contributed by atoms with Crippen LogP contribution in [0.15, 0.2) is 64.7 Å². The van der Waals surface area contributed by atoms with Gasteiger partial charge in [0.1, 0.15) is 11.5 Å². The van der Waals surface area contributed by atoms with E-state index < -0.39 is 15.6 Å². The van der Waals surface area contributed by atoms with Gasteiger partial charge >= 0.3 is 0 Å². The molecule has 4 rings (SSSR count). The van der Waals surface area contributed by atoms with Crippen LogP contribution in [0.3, 0.4) is 0 Å². The number of nitrogens with one attached hydrogen (secondary N) is 1. The van der Waals surface area contributed by atoms with Crippen LogP contribution in [-0.2, 0) is 9.84 Å². The maximum absolute atomic E-state index is 12.9. The summed E-state index contributed by atoms with van der Waals surface area (Å²) in [6.07, 6.45) is 3.43. The molecule has 2 heterocycles. The average Bonchev–Trinajstić information content (AvgIpc) is 3.31. The largest absolute Gasteiger partial charge is 0.497 e. The molecule has 9 heteroatoms. The Morgan fingerprint density at radius 3 is 1.82 bits per heavy atom. The van der Waals surface area contributed by atoms with Crippen molar-refractivity contribution < 1.29 is 23.0 Å². The molecule has 2 aliphatic rings. The highest BCUT2D eigenvalue weighted by atomic mass is 32.2. The number of sulfone groups is 1. The third-order valence-corrected chi connectivity index (χ3v) is 7.86. The third-order valence-electron chi connectivity index (χ3n) is 5.47. The van der Waals surface area contributed by atoms with E-state index in [9.17, 15) is 13.5 Å². The highest BCUT2D eigenvalue weighted by molar-refractivity contribution is 8.14. The molecule has 1 fully saturated rings. The second-order valence-electron chi connectivity index (χ2n) is 7.79. The Kier molecular flexibility index (Phi) is 6.83. The first-order valence-electron chi connectivity index (χ1n) is 10.4. The summed E-state index contributed by atoms with van der Waals surface area (Å²) in [4.78, 5) is 4.41. The molecule has 0 aromatic heterocycles. The maximum Gasteiger partial charge on any atom is 0.184 e. The Hall–Kier alpha value is -2.75. The van der Waals surface area contributed by atoms with E-state index in [0.29, 0.717) is 34.4 Å². The summed E-state index contributed by atoms with van der Waals surface area (Å²) in [5, 5.41) is 15.7. The van der Waals surface area contributed by atoms with Crippen molar-refractivity contribution in [2.45, 2.75) is 5.72 Å². The smallest absolute Gasteiger partial charge is 0.184 e. The molecule has 33 heavy (non-hydrogen) atoms. The van der Waals surface area contributed by atoms with Crippen LogP contribution in [0.25, 0.3) is 12.2 Å². The van der Waals surface area contributed by atoms with Gasteiger partial charge in [-0.3, -0.25) is 4.99 Å². The first-order chi connectivity index (χ1) is 15.8. The average molecular weight is 487 g/mol. The Labute approximate surface area is 198 Å². The van der Waals surface area contributed by atoms with Crippen LogP contribution in [0, 0.1) is 0 Å². The fourth-order valence-electron chi connectivity index (χ4n) is 3.76. The number of ether oxygens (including phenoxy) is 2. The number of hydrogen-bond acceptors (Lipinski definition) is 8. The Morgan fingerprint density at radius 2 is 1.42 bits per heavy atom. The van der Waals surface area contributed by atoms with Gasteiger partial charge in [0.05, 0.1) is 32.3 Å². The molecule has 0 spiro atoms. The van der Waals surface area contributed by atoms with Gasteiger partial charge in [-0.25, -0.2) is 8.42 Å². The molecule has 174 valence electrons. The molecular formula is C24H26N2O5S2. The number of hydrogen-bond donors (Lipinski definition) is 2. The van der Waals surface area contributed by atoms with Crippen molar-refractivity contribution in [1.82, 2.24) is 5.32 Å². The molecule has 0 unspecified atom stereocenters. The molecule has 0 bridgehead atoms. The second-order valence-corrected chi connectivity index (χ2v) is 10.9. The maximum atomic E-state index is 12.9. The Morgan fingerprint density at radius 1 is 0.939 bits per heavy atom. The van der Waals surface area contributed by atoms with Gasteiger partial charge in [0.25, 0.3) is 0 Å². The van der Waals surface area contributed by atoms with Crippen LogP contribution in [0.1, 0.15) is 11.1 Å². The molecule has 0 saturated carbocycles. The van der Waals surface area contributed by atoms with E-state index in [1.54, 1.807) is 50.6 Å². The minimum absolute atomic E-state index is 0.263. The molecule has 1 saturated heterocycles. The van der Waals surface area contributed by atoms with Gasteiger partial charge in [0.2, 0.25) is 0 Å². The van der Waals surface area contributed by atoms with E-state index in [1.165, 1.54) is 11.8 Å². The van der Waals surface area contributed by atoms with E-state index in [-0.39, 0.29) is 11.5 Å². The number of amidine groups is 1. The summed E-state index contributed by atoms with van der Waals surface area (Å²) in [5.41, 5.74) is 0.505. The number of aliphatic hydroxyl groups is 1. The second kappa shape index (κ2) is 9.62. The van der Waals surface area contributed by atoms with Crippen molar-refractivity contribution in [1.29, 1.82) is 0 Å². The lowest BCUT2D eigenvalue weighted by Crippen LogP contribution is -2.55. The molecule has 7 nitrogen and oxygen atoms in total. The monoisotopic (exact) mass is 486 g/mol. The normalized spacial score (nSPS) is 24.5. The SMILES string of the molecule is COc1ccc(/C=C2\CS(=O)(=O)C/C(=C\c3ccc(OC)cc3)C2(O)NC2=NCCS2)cc1. The fourth-order valence-corrected chi connectivity index (χ4v) is 6.17. The summed E-state index contributed by atoms with van der Waals surface area (Å²) in [6, 6.07) is 14.5. The highest BCUT2D eigenvalue weighted by Crippen LogP contribution is 2.35. The Bertz CT molecular complexity index is 1130. The van der Waals surface area contributed by atoms with Crippen molar-refractivity contribution in [3.8, 4) is 11.5 Å². The first-order valence-corrected chi connectivity index (χ1v) is 13.2. The summed E-state index contributed by atoms with van der Waals surface area (Å²) in [6.45, 7) is 0.649. The Balaban J connectivity index is 1.81. The van der Waals surface area contributed by atoms with Gasteiger partial charge in [-0.2, -0.15) is 0 Å². The lowest BCUT2D eigenvalue weighted by Gasteiger charge is -2.38. The van der Waals surface area contributed by atoms with Crippen molar-refractivity contribution in [3.05, 3.63) is 70.8 Å².